The van der Waals surface area contributed by atoms with Crippen LogP contribution in [0.4, 0.5) is 0 Å². The van der Waals surface area contributed by atoms with Gasteiger partial charge in [0.1, 0.15) is 5.75 Å². The smallest absolute Gasteiger partial charge is 0.133 e. The van der Waals surface area contributed by atoms with E-state index in [1.165, 1.54) is 24.8 Å². The predicted molar refractivity (Wildman–Crippen MR) is 72.2 cm³/mol. The van der Waals surface area contributed by atoms with E-state index in [0.29, 0.717) is 5.92 Å². The van der Waals surface area contributed by atoms with Crippen molar-refractivity contribution in [3.63, 3.8) is 0 Å². The molecule has 2 rings (SSSR count). The standard InChI is InChI=1S/C12H16BrNO.ClH/c1-15-11-6-5-9(7-10(11)13)12(14)8-3-2-4-8;/h5-8,12H,2-4,14H2,1H3;1H/t12-;/m1./s1. The van der Waals surface area contributed by atoms with Crippen molar-refractivity contribution in [2.75, 3.05) is 7.11 Å². The highest BCUT2D eigenvalue weighted by Crippen LogP contribution is 2.37. The predicted octanol–water partition coefficient (Wildman–Crippen LogP) is 3.68. The van der Waals surface area contributed by atoms with Gasteiger partial charge in [-0.25, -0.2) is 0 Å². The lowest BCUT2D eigenvalue weighted by Crippen LogP contribution is -2.26. The Morgan fingerprint density at radius 1 is 1.44 bits per heavy atom. The van der Waals surface area contributed by atoms with Crippen LogP contribution >= 0.6 is 28.3 Å². The first-order chi connectivity index (χ1) is 7.22. The molecule has 1 aliphatic carbocycles. The van der Waals surface area contributed by atoms with E-state index in [1.807, 2.05) is 6.07 Å². The topological polar surface area (TPSA) is 35.2 Å². The van der Waals surface area contributed by atoms with Gasteiger partial charge in [-0.05, 0) is 52.4 Å². The van der Waals surface area contributed by atoms with Gasteiger partial charge in [-0.15, -0.1) is 12.4 Å². The molecule has 0 heterocycles. The molecule has 4 heteroatoms. The molecule has 2 N–H and O–H groups in total. The van der Waals surface area contributed by atoms with Crippen molar-refractivity contribution in [3.05, 3.63) is 28.2 Å². The molecule has 0 aliphatic heterocycles. The van der Waals surface area contributed by atoms with Crippen molar-refractivity contribution >= 4 is 28.3 Å². The van der Waals surface area contributed by atoms with Crippen molar-refractivity contribution in [2.45, 2.75) is 25.3 Å². The summed E-state index contributed by atoms with van der Waals surface area (Å²) in [6.45, 7) is 0. The zero-order valence-corrected chi connectivity index (χ0v) is 11.7. The molecule has 1 aromatic carbocycles. The molecule has 0 amide bonds. The van der Waals surface area contributed by atoms with Crippen LogP contribution in [0.15, 0.2) is 22.7 Å². The molecule has 1 saturated carbocycles. The average molecular weight is 307 g/mol. The van der Waals surface area contributed by atoms with Crippen molar-refractivity contribution in [1.82, 2.24) is 0 Å². The highest BCUT2D eigenvalue weighted by molar-refractivity contribution is 9.10. The molecule has 90 valence electrons. The number of rotatable bonds is 3. The molecule has 0 unspecified atom stereocenters. The van der Waals surface area contributed by atoms with E-state index in [1.54, 1.807) is 7.11 Å². The number of ether oxygens (including phenoxy) is 1. The third-order valence-corrected chi connectivity index (χ3v) is 3.84. The van der Waals surface area contributed by atoms with Crippen LogP contribution in [0, 0.1) is 5.92 Å². The minimum absolute atomic E-state index is 0. The van der Waals surface area contributed by atoms with Crippen LogP contribution in [0.3, 0.4) is 0 Å². The molecule has 0 saturated heterocycles. The summed E-state index contributed by atoms with van der Waals surface area (Å²) in [5, 5.41) is 0. The first kappa shape index (κ1) is 13.8. The van der Waals surface area contributed by atoms with Gasteiger partial charge in [0.05, 0.1) is 11.6 Å². The fraction of sp³-hybridized carbons (Fsp3) is 0.500. The summed E-state index contributed by atoms with van der Waals surface area (Å²) in [6.07, 6.45) is 3.87. The van der Waals surface area contributed by atoms with E-state index in [2.05, 4.69) is 28.1 Å². The molecule has 0 radical (unpaired) electrons. The minimum Gasteiger partial charge on any atom is -0.496 e. The summed E-state index contributed by atoms with van der Waals surface area (Å²) in [4.78, 5) is 0. The molecule has 1 aromatic rings. The number of benzene rings is 1. The Morgan fingerprint density at radius 3 is 2.56 bits per heavy atom. The van der Waals surface area contributed by atoms with Gasteiger partial charge in [-0.3, -0.25) is 0 Å². The highest BCUT2D eigenvalue weighted by Gasteiger charge is 2.25. The summed E-state index contributed by atoms with van der Waals surface area (Å²) in [5.41, 5.74) is 7.40. The maximum atomic E-state index is 6.20. The number of halogens is 2. The van der Waals surface area contributed by atoms with Gasteiger partial charge in [0.2, 0.25) is 0 Å². The second-order valence-corrected chi connectivity index (χ2v) is 4.97. The summed E-state index contributed by atoms with van der Waals surface area (Å²) < 4.78 is 6.18. The van der Waals surface area contributed by atoms with Crippen LogP contribution in [0.1, 0.15) is 30.9 Å². The molecule has 1 aliphatic rings. The second-order valence-electron chi connectivity index (χ2n) is 4.11. The van der Waals surface area contributed by atoms with E-state index in [-0.39, 0.29) is 18.4 Å². The first-order valence-corrected chi connectivity index (χ1v) is 6.10. The van der Waals surface area contributed by atoms with Gasteiger partial charge in [0.15, 0.2) is 0 Å². The normalized spacial score (nSPS) is 17.2. The van der Waals surface area contributed by atoms with Gasteiger partial charge < -0.3 is 10.5 Å². The lowest BCUT2D eigenvalue weighted by Gasteiger charge is -2.31. The zero-order valence-electron chi connectivity index (χ0n) is 9.28. The van der Waals surface area contributed by atoms with Crippen LogP contribution in [0.5, 0.6) is 5.75 Å². The third-order valence-electron chi connectivity index (χ3n) is 3.22. The molecule has 0 bridgehead atoms. The lowest BCUT2D eigenvalue weighted by atomic mass is 9.77. The van der Waals surface area contributed by atoms with E-state index in [9.17, 15) is 0 Å². The maximum absolute atomic E-state index is 6.20. The molecule has 0 spiro atoms. The van der Waals surface area contributed by atoms with Gasteiger partial charge in [0.25, 0.3) is 0 Å². The van der Waals surface area contributed by atoms with Crippen molar-refractivity contribution in [3.8, 4) is 5.75 Å². The average Bonchev–Trinajstić information content (AvgIpc) is 2.15. The molecule has 16 heavy (non-hydrogen) atoms. The number of methoxy groups -OCH3 is 1. The van der Waals surface area contributed by atoms with Crippen LogP contribution in [0.25, 0.3) is 0 Å². The monoisotopic (exact) mass is 305 g/mol. The van der Waals surface area contributed by atoms with Gasteiger partial charge in [-0.1, -0.05) is 12.5 Å². The van der Waals surface area contributed by atoms with E-state index in [4.69, 9.17) is 10.5 Å². The largest absolute Gasteiger partial charge is 0.496 e. The molecule has 1 fully saturated rings. The zero-order chi connectivity index (χ0) is 10.8. The van der Waals surface area contributed by atoms with E-state index < -0.39 is 0 Å². The summed E-state index contributed by atoms with van der Waals surface area (Å²) in [7, 11) is 1.67. The van der Waals surface area contributed by atoms with Crippen molar-refractivity contribution in [2.24, 2.45) is 11.7 Å². The number of hydrogen-bond acceptors (Lipinski definition) is 2. The quantitative estimate of drug-likeness (QED) is 0.924. The van der Waals surface area contributed by atoms with Crippen LogP contribution in [-0.2, 0) is 0 Å². The molecule has 2 nitrogen and oxygen atoms in total. The fourth-order valence-electron chi connectivity index (χ4n) is 1.96. The van der Waals surface area contributed by atoms with Crippen LogP contribution < -0.4 is 10.5 Å². The van der Waals surface area contributed by atoms with Crippen LogP contribution in [0.2, 0.25) is 0 Å². The Hall–Kier alpha value is -0.250. The van der Waals surface area contributed by atoms with E-state index >= 15 is 0 Å². The Balaban J connectivity index is 0.00000128. The Labute approximate surface area is 111 Å². The number of nitrogens with two attached hydrogens (primary N) is 1. The second kappa shape index (κ2) is 5.89. The first-order valence-electron chi connectivity index (χ1n) is 5.31. The summed E-state index contributed by atoms with van der Waals surface area (Å²) in [6, 6.07) is 6.28. The van der Waals surface area contributed by atoms with E-state index in [0.717, 1.165) is 10.2 Å². The van der Waals surface area contributed by atoms with Gasteiger partial charge >= 0.3 is 0 Å². The Bertz CT molecular complexity index is 355. The van der Waals surface area contributed by atoms with Gasteiger partial charge in [-0.2, -0.15) is 0 Å². The molecule has 1 atom stereocenters. The minimum atomic E-state index is 0. The fourth-order valence-corrected chi connectivity index (χ4v) is 2.52. The molecular weight excluding hydrogens is 289 g/mol. The van der Waals surface area contributed by atoms with Crippen molar-refractivity contribution < 1.29 is 4.74 Å². The third kappa shape index (κ3) is 2.70. The van der Waals surface area contributed by atoms with Gasteiger partial charge in [0, 0.05) is 6.04 Å². The number of hydrogen-bond donors (Lipinski definition) is 1. The maximum Gasteiger partial charge on any atom is 0.133 e. The highest BCUT2D eigenvalue weighted by atomic mass is 79.9. The van der Waals surface area contributed by atoms with Crippen molar-refractivity contribution in [1.29, 1.82) is 0 Å². The summed E-state index contributed by atoms with van der Waals surface area (Å²) >= 11 is 3.48. The Morgan fingerprint density at radius 2 is 2.12 bits per heavy atom. The summed E-state index contributed by atoms with van der Waals surface area (Å²) in [5.74, 6) is 1.53. The van der Waals surface area contributed by atoms with Crippen LogP contribution in [-0.4, -0.2) is 7.11 Å². The Kier molecular flexibility index (Phi) is 5.09. The molecular formula is C12H17BrClNO. The SMILES string of the molecule is COc1ccc([C@H](N)C2CCC2)cc1Br.Cl. The lowest BCUT2D eigenvalue weighted by molar-refractivity contribution is 0.264. The molecule has 0 aromatic heterocycles.